The predicted octanol–water partition coefficient (Wildman–Crippen LogP) is 3.99. The van der Waals surface area contributed by atoms with E-state index in [9.17, 15) is 4.39 Å². The zero-order valence-corrected chi connectivity index (χ0v) is 12.7. The molecule has 0 amide bonds. The summed E-state index contributed by atoms with van der Waals surface area (Å²) < 4.78 is 13.5. The fourth-order valence-electron chi connectivity index (χ4n) is 1.65. The van der Waals surface area contributed by atoms with Crippen LogP contribution in [0.3, 0.4) is 0 Å². The van der Waals surface area contributed by atoms with Crippen molar-refractivity contribution in [3.63, 3.8) is 0 Å². The molecule has 0 atom stereocenters. The van der Waals surface area contributed by atoms with E-state index in [0.29, 0.717) is 4.90 Å². The second-order valence-corrected chi connectivity index (χ2v) is 6.30. The van der Waals surface area contributed by atoms with Gasteiger partial charge in [-0.05, 0) is 25.6 Å². The number of thiazole rings is 1. The van der Waals surface area contributed by atoms with E-state index in [1.807, 2.05) is 13.0 Å². The Morgan fingerprint density at radius 2 is 2.16 bits per heavy atom. The molecule has 0 unspecified atom stereocenters. The summed E-state index contributed by atoms with van der Waals surface area (Å²) in [5.41, 5.74) is 1.08. The summed E-state index contributed by atoms with van der Waals surface area (Å²) in [5, 5.41) is 4.36. The highest BCUT2D eigenvalue weighted by molar-refractivity contribution is 7.98. The van der Waals surface area contributed by atoms with Gasteiger partial charge in [-0.3, -0.25) is 0 Å². The SMILES string of the molecule is CCNCc1sc(CSc2ccccc2F)nc1C. The molecule has 0 radical (unpaired) electrons. The molecule has 19 heavy (non-hydrogen) atoms. The fraction of sp³-hybridized carbons (Fsp3) is 0.357. The second kappa shape index (κ2) is 7.03. The number of benzene rings is 1. The molecule has 2 aromatic rings. The van der Waals surface area contributed by atoms with E-state index in [1.165, 1.54) is 22.7 Å². The third-order valence-electron chi connectivity index (χ3n) is 2.66. The predicted molar refractivity (Wildman–Crippen MR) is 80.2 cm³/mol. The van der Waals surface area contributed by atoms with Crippen molar-refractivity contribution in [1.82, 2.24) is 10.3 Å². The summed E-state index contributed by atoms with van der Waals surface area (Å²) in [6.07, 6.45) is 0. The Hall–Kier alpha value is -0.910. The average molecular weight is 296 g/mol. The molecular weight excluding hydrogens is 279 g/mol. The molecule has 0 bridgehead atoms. The first-order valence-electron chi connectivity index (χ1n) is 6.24. The molecule has 1 N–H and O–H groups in total. The largest absolute Gasteiger partial charge is 0.312 e. The van der Waals surface area contributed by atoms with Gasteiger partial charge in [-0.1, -0.05) is 19.1 Å². The first-order chi connectivity index (χ1) is 9.20. The first kappa shape index (κ1) is 14.5. The number of aryl methyl sites for hydroxylation is 1. The number of nitrogens with one attached hydrogen (secondary N) is 1. The molecule has 2 nitrogen and oxygen atoms in total. The van der Waals surface area contributed by atoms with Crippen LogP contribution in [0.15, 0.2) is 29.2 Å². The Morgan fingerprint density at radius 1 is 1.37 bits per heavy atom. The quantitative estimate of drug-likeness (QED) is 0.816. The number of aromatic nitrogens is 1. The van der Waals surface area contributed by atoms with E-state index in [0.717, 1.165) is 29.5 Å². The van der Waals surface area contributed by atoms with Crippen LogP contribution in [0, 0.1) is 12.7 Å². The number of hydrogen-bond acceptors (Lipinski definition) is 4. The van der Waals surface area contributed by atoms with Gasteiger partial charge in [0.2, 0.25) is 0 Å². The Bertz CT molecular complexity index is 540. The molecule has 0 saturated carbocycles. The number of thioether (sulfide) groups is 1. The molecular formula is C14H17FN2S2. The van der Waals surface area contributed by atoms with Crippen molar-refractivity contribution >= 4 is 23.1 Å². The van der Waals surface area contributed by atoms with E-state index in [2.05, 4.69) is 17.2 Å². The molecule has 1 aromatic carbocycles. The maximum atomic E-state index is 13.5. The summed E-state index contributed by atoms with van der Waals surface area (Å²) in [7, 11) is 0. The molecule has 5 heteroatoms. The first-order valence-corrected chi connectivity index (χ1v) is 8.04. The summed E-state index contributed by atoms with van der Waals surface area (Å²) in [4.78, 5) is 6.50. The summed E-state index contributed by atoms with van der Waals surface area (Å²) in [5.74, 6) is 0.562. The molecule has 0 aliphatic rings. The summed E-state index contributed by atoms with van der Waals surface area (Å²) in [6, 6.07) is 6.86. The van der Waals surface area contributed by atoms with Gasteiger partial charge < -0.3 is 5.32 Å². The Balaban J connectivity index is 1.98. The smallest absolute Gasteiger partial charge is 0.136 e. The minimum atomic E-state index is -0.159. The minimum Gasteiger partial charge on any atom is -0.312 e. The lowest BCUT2D eigenvalue weighted by Gasteiger charge is -2.00. The molecule has 0 saturated heterocycles. The van der Waals surface area contributed by atoms with Crippen molar-refractivity contribution in [2.24, 2.45) is 0 Å². The van der Waals surface area contributed by atoms with Crippen molar-refractivity contribution in [3.05, 3.63) is 45.7 Å². The van der Waals surface area contributed by atoms with Crippen LogP contribution in [0.4, 0.5) is 4.39 Å². The Labute approximate surface area is 121 Å². The number of halogens is 1. The van der Waals surface area contributed by atoms with Crippen molar-refractivity contribution in [1.29, 1.82) is 0 Å². The monoisotopic (exact) mass is 296 g/mol. The lowest BCUT2D eigenvalue weighted by Crippen LogP contribution is -2.11. The van der Waals surface area contributed by atoms with Gasteiger partial charge in [-0.25, -0.2) is 9.37 Å². The van der Waals surface area contributed by atoms with Crippen LogP contribution < -0.4 is 5.32 Å². The van der Waals surface area contributed by atoms with Crippen LogP contribution in [0.5, 0.6) is 0 Å². The normalized spacial score (nSPS) is 10.9. The van der Waals surface area contributed by atoms with Gasteiger partial charge in [0.05, 0.1) is 11.4 Å². The topological polar surface area (TPSA) is 24.9 Å². The van der Waals surface area contributed by atoms with E-state index < -0.39 is 0 Å². The lowest BCUT2D eigenvalue weighted by molar-refractivity contribution is 0.602. The van der Waals surface area contributed by atoms with Crippen molar-refractivity contribution in [2.45, 2.75) is 31.0 Å². The van der Waals surface area contributed by atoms with Crippen LogP contribution in [-0.2, 0) is 12.3 Å². The lowest BCUT2D eigenvalue weighted by atomic mass is 10.3. The zero-order chi connectivity index (χ0) is 13.7. The Morgan fingerprint density at radius 3 is 2.89 bits per heavy atom. The maximum Gasteiger partial charge on any atom is 0.136 e. The number of hydrogen-bond donors (Lipinski definition) is 1. The molecule has 1 aromatic heterocycles. The van der Waals surface area contributed by atoms with Gasteiger partial charge in [0, 0.05) is 16.3 Å². The molecule has 0 fully saturated rings. The van der Waals surface area contributed by atoms with Crippen molar-refractivity contribution in [2.75, 3.05) is 6.54 Å². The average Bonchev–Trinajstić information content (AvgIpc) is 2.76. The third-order valence-corrected chi connectivity index (χ3v) is 5.06. The molecule has 0 aliphatic heterocycles. The third kappa shape index (κ3) is 4.03. The fourth-order valence-corrected chi connectivity index (χ4v) is 3.63. The van der Waals surface area contributed by atoms with E-state index >= 15 is 0 Å². The van der Waals surface area contributed by atoms with Gasteiger partial charge >= 0.3 is 0 Å². The van der Waals surface area contributed by atoms with Crippen LogP contribution in [0.2, 0.25) is 0 Å². The number of nitrogens with zero attached hydrogens (tertiary/aromatic N) is 1. The van der Waals surface area contributed by atoms with E-state index in [4.69, 9.17) is 0 Å². The summed E-state index contributed by atoms with van der Waals surface area (Å²) in [6.45, 7) is 5.94. The van der Waals surface area contributed by atoms with Crippen LogP contribution >= 0.6 is 23.1 Å². The van der Waals surface area contributed by atoms with E-state index in [1.54, 1.807) is 23.5 Å². The maximum absolute atomic E-state index is 13.5. The molecule has 2 rings (SSSR count). The van der Waals surface area contributed by atoms with Crippen LogP contribution in [0.25, 0.3) is 0 Å². The number of rotatable bonds is 6. The highest BCUT2D eigenvalue weighted by Crippen LogP contribution is 2.28. The molecule has 1 heterocycles. The van der Waals surface area contributed by atoms with Crippen LogP contribution in [0.1, 0.15) is 22.5 Å². The van der Waals surface area contributed by atoms with Gasteiger partial charge in [0.25, 0.3) is 0 Å². The van der Waals surface area contributed by atoms with Gasteiger partial charge in [-0.15, -0.1) is 23.1 Å². The second-order valence-electron chi connectivity index (χ2n) is 4.12. The molecule has 0 spiro atoms. The van der Waals surface area contributed by atoms with Gasteiger partial charge in [0.15, 0.2) is 0 Å². The van der Waals surface area contributed by atoms with Crippen molar-refractivity contribution in [3.8, 4) is 0 Å². The minimum absolute atomic E-state index is 0.159. The Kier molecular flexibility index (Phi) is 5.36. The highest BCUT2D eigenvalue weighted by atomic mass is 32.2. The summed E-state index contributed by atoms with van der Waals surface area (Å²) >= 11 is 3.21. The van der Waals surface area contributed by atoms with Gasteiger partial charge in [0.1, 0.15) is 10.8 Å². The van der Waals surface area contributed by atoms with Gasteiger partial charge in [-0.2, -0.15) is 0 Å². The van der Waals surface area contributed by atoms with Crippen molar-refractivity contribution < 1.29 is 4.39 Å². The van der Waals surface area contributed by atoms with Crippen LogP contribution in [-0.4, -0.2) is 11.5 Å². The standard InChI is InChI=1S/C14H17FN2S2/c1-3-16-8-13-10(2)17-14(19-13)9-18-12-7-5-4-6-11(12)15/h4-7,16H,3,8-9H2,1-2H3. The highest BCUT2D eigenvalue weighted by Gasteiger charge is 2.08. The molecule has 0 aliphatic carbocycles. The van der Waals surface area contributed by atoms with E-state index in [-0.39, 0.29) is 5.82 Å². The zero-order valence-electron chi connectivity index (χ0n) is 11.1. The molecule has 102 valence electrons.